The number of carbonyl (C=O) groups is 2. The molecule has 0 radical (unpaired) electrons. The van der Waals surface area contributed by atoms with Crippen molar-refractivity contribution in [2.45, 2.75) is 45.2 Å². The lowest BCUT2D eigenvalue weighted by atomic mass is 9.91. The number of hydrogen-bond acceptors (Lipinski definition) is 3. The van der Waals surface area contributed by atoms with Gasteiger partial charge in [0.05, 0.1) is 11.2 Å². The van der Waals surface area contributed by atoms with Crippen LogP contribution in [0, 0.1) is 13.8 Å². The van der Waals surface area contributed by atoms with E-state index in [1.165, 1.54) is 0 Å². The van der Waals surface area contributed by atoms with Gasteiger partial charge in [-0.05, 0) is 50.8 Å². The van der Waals surface area contributed by atoms with E-state index in [1.807, 2.05) is 49.1 Å². The molecule has 2 amide bonds. The predicted molar refractivity (Wildman–Crippen MR) is 97.9 cm³/mol. The molecule has 26 heavy (non-hydrogen) atoms. The molecule has 1 aromatic heterocycles. The van der Waals surface area contributed by atoms with Gasteiger partial charge in [0.15, 0.2) is 0 Å². The van der Waals surface area contributed by atoms with Crippen molar-refractivity contribution in [3.63, 3.8) is 0 Å². The van der Waals surface area contributed by atoms with Crippen molar-refractivity contribution in [3.05, 3.63) is 52.8 Å². The molecular formula is C20H24N4O2. The molecule has 1 fully saturated rings. The van der Waals surface area contributed by atoms with Crippen LogP contribution in [0.15, 0.2) is 30.3 Å². The van der Waals surface area contributed by atoms with Crippen LogP contribution in [-0.4, -0.2) is 45.1 Å². The van der Waals surface area contributed by atoms with Crippen molar-refractivity contribution in [1.82, 2.24) is 20.0 Å². The second-order valence-electron chi connectivity index (χ2n) is 7.54. The molecule has 136 valence electrons. The number of benzene rings is 1. The zero-order valence-corrected chi connectivity index (χ0v) is 15.3. The van der Waals surface area contributed by atoms with Crippen LogP contribution in [0.3, 0.4) is 0 Å². The Bertz CT molecular complexity index is 872. The van der Waals surface area contributed by atoms with Crippen LogP contribution >= 0.6 is 0 Å². The molecule has 2 aliphatic heterocycles. The third-order valence-electron chi connectivity index (χ3n) is 5.61. The topological polar surface area (TPSA) is 67.2 Å². The number of aromatic nitrogens is 2. The summed E-state index contributed by atoms with van der Waals surface area (Å²) in [5.74, 6) is 0.0371. The SMILES string of the molecule is Cc1cc(C)n(CC(=O)N2CC[C@]3(CCc4ccccc4C(=O)N3)C2)n1. The normalized spacial score (nSPS) is 22.2. The van der Waals surface area contributed by atoms with E-state index in [-0.39, 0.29) is 23.9 Å². The standard InChI is InChI=1S/C20H24N4O2/c1-14-11-15(2)24(22-14)12-18(25)23-10-9-20(13-23)8-7-16-5-3-4-6-17(16)19(26)21-20/h3-6,11H,7-10,12-13H2,1-2H3,(H,21,26)/t20-/m1/s1. The fraction of sp³-hybridized carbons (Fsp3) is 0.450. The van der Waals surface area contributed by atoms with E-state index in [9.17, 15) is 9.59 Å². The van der Waals surface area contributed by atoms with E-state index in [1.54, 1.807) is 4.68 Å². The highest BCUT2D eigenvalue weighted by Crippen LogP contribution is 2.30. The van der Waals surface area contributed by atoms with Gasteiger partial charge < -0.3 is 10.2 Å². The molecule has 6 heteroatoms. The van der Waals surface area contributed by atoms with Crippen molar-refractivity contribution in [2.75, 3.05) is 13.1 Å². The Kier molecular flexibility index (Phi) is 4.05. The van der Waals surface area contributed by atoms with Crippen LogP contribution in [0.25, 0.3) is 0 Å². The van der Waals surface area contributed by atoms with Crippen molar-refractivity contribution >= 4 is 11.8 Å². The molecule has 0 unspecified atom stereocenters. The van der Waals surface area contributed by atoms with Gasteiger partial charge in [-0.25, -0.2) is 0 Å². The number of amides is 2. The predicted octanol–water partition coefficient (Wildman–Crippen LogP) is 1.85. The van der Waals surface area contributed by atoms with Gasteiger partial charge in [0.2, 0.25) is 5.91 Å². The van der Waals surface area contributed by atoms with Gasteiger partial charge in [0.1, 0.15) is 6.54 Å². The van der Waals surface area contributed by atoms with Crippen molar-refractivity contribution < 1.29 is 9.59 Å². The lowest BCUT2D eigenvalue weighted by Gasteiger charge is -2.29. The lowest BCUT2D eigenvalue weighted by Crippen LogP contribution is -2.50. The summed E-state index contributed by atoms with van der Waals surface area (Å²) in [6, 6.07) is 9.75. The Hall–Kier alpha value is -2.63. The lowest BCUT2D eigenvalue weighted by molar-refractivity contribution is -0.131. The maximum absolute atomic E-state index is 12.7. The van der Waals surface area contributed by atoms with Crippen molar-refractivity contribution in [1.29, 1.82) is 0 Å². The zero-order valence-electron chi connectivity index (χ0n) is 15.3. The highest BCUT2D eigenvalue weighted by atomic mass is 16.2. The molecule has 1 N–H and O–H groups in total. The minimum absolute atomic E-state index is 0.0223. The molecule has 0 saturated carbocycles. The number of hydrogen-bond donors (Lipinski definition) is 1. The average molecular weight is 352 g/mol. The third kappa shape index (κ3) is 3.00. The summed E-state index contributed by atoms with van der Waals surface area (Å²) in [6.07, 6.45) is 2.52. The smallest absolute Gasteiger partial charge is 0.252 e. The molecule has 1 spiro atoms. The molecular weight excluding hydrogens is 328 g/mol. The molecule has 2 aliphatic rings. The van der Waals surface area contributed by atoms with Crippen molar-refractivity contribution in [2.24, 2.45) is 0 Å². The molecule has 1 atom stereocenters. The monoisotopic (exact) mass is 352 g/mol. The Balaban J connectivity index is 1.47. The first-order chi connectivity index (χ1) is 12.5. The number of carbonyl (C=O) groups excluding carboxylic acids is 2. The van der Waals surface area contributed by atoms with Crippen LogP contribution in [0.2, 0.25) is 0 Å². The maximum atomic E-state index is 12.7. The molecule has 4 rings (SSSR count). The van der Waals surface area contributed by atoms with Gasteiger partial charge in [-0.3, -0.25) is 14.3 Å². The van der Waals surface area contributed by atoms with Crippen LogP contribution in [-0.2, 0) is 17.8 Å². The van der Waals surface area contributed by atoms with Gasteiger partial charge in [0, 0.05) is 24.3 Å². The summed E-state index contributed by atoms with van der Waals surface area (Å²) < 4.78 is 1.75. The van der Waals surface area contributed by atoms with E-state index in [4.69, 9.17) is 0 Å². The second kappa shape index (κ2) is 6.27. The summed E-state index contributed by atoms with van der Waals surface area (Å²) >= 11 is 0. The summed E-state index contributed by atoms with van der Waals surface area (Å²) in [5.41, 5.74) is 3.44. The Morgan fingerprint density at radius 1 is 1.27 bits per heavy atom. The highest BCUT2D eigenvalue weighted by molar-refractivity contribution is 5.96. The van der Waals surface area contributed by atoms with Crippen LogP contribution in [0.4, 0.5) is 0 Å². The van der Waals surface area contributed by atoms with Gasteiger partial charge in [-0.1, -0.05) is 18.2 Å². The number of nitrogens with one attached hydrogen (secondary N) is 1. The van der Waals surface area contributed by atoms with E-state index < -0.39 is 0 Å². The minimum atomic E-state index is -0.319. The molecule has 1 aromatic carbocycles. The maximum Gasteiger partial charge on any atom is 0.252 e. The number of rotatable bonds is 2. The first kappa shape index (κ1) is 16.8. The molecule has 6 nitrogen and oxygen atoms in total. The first-order valence-electron chi connectivity index (χ1n) is 9.15. The highest BCUT2D eigenvalue weighted by Gasteiger charge is 2.42. The second-order valence-corrected chi connectivity index (χ2v) is 7.54. The zero-order chi connectivity index (χ0) is 18.3. The molecule has 1 saturated heterocycles. The van der Waals surface area contributed by atoms with Crippen molar-refractivity contribution in [3.8, 4) is 0 Å². The summed E-state index contributed by atoms with van der Waals surface area (Å²) in [4.78, 5) is 27.3. The number of likely N-dealkylation sites (tertiary alicyclic amines) is 1. The molecule has 2 aromatic rings. The average Bonchev–Trinajstić information content (AvgIpc) is 3.12. The van der Waals surface area contributed by atoms with Gasteiger partial charge in [-0.2, -0.15) is 5.10 Å². The van der Waals surface area contributed by atoms with Crippen LogP contribution in [0.5, 0.6) is 0 Å². The number of aryl methyl sites for hydroxylation is 3. The largest absolute Gasteiger partial charge is 0.345 e. The Morgan fingerprint density at radius 3 is 2.85 bits per heavy atom. The molecule has 0 bridgehead atoms. The van der Waals surface area contributed by atoms with Gasteiger partial charge >= 0.3 is 0 Å². The molecule has 0 aliphatic carbocycles. The Labute approximate surface area is 153 Å². The first-order valence-corrected chi connectivity index (χ1v) is 9.15. The van der Waals surface area contributed by atoms with E-state index in [0.717, 1.165) is 41.8 Å². The van der Waals surface area contributed by atoms with Crippen LogP contribution < -0.4 is 5.32 Å². The van der Waals surface area contributed by atoms with Crippen LogP contribution in [0.1, 0.15) is 40.2 Å². The number of fused-ring (bicyclic) bond motifs is 1. The van der Waals surface area contributed by atoms with Gasteiger partial charge in [-0.15, -0.1) is 0 Å². The third-order valence-corrected chi connectivity index (χ3v) is 5.61. The van der Waals surface area contributed by atoms with E-state index >= 15 is 0 Å². The Morgan fingerprint density at radius 2 is 2.08 bits per heavy atom. The fourth-order valence-corrected chi connectivity index (χ4v) is 4.16. The number of nitrogens with zero attached hydrogens (tertiary/aromatic N) is 3. The van der Waals surface area contributed by atoms with E-state index in [0.29, 0.717) is 13.1 Å². The summed E-state index contributed by atoms with van der Waals surface area (Å²) in [5, 5.41) is 7.60. The minimum Gasteiger partial charge on any atom is -0.345 e. The van der Waals surface area contributed by atoms with E-state index in [2.05, 4.69) is 10.4 Å². The van der Waals surface area contributed by atoms with Gasteiger partial charge in [0.25, 0.3) is 5.91 Å². The quantitative estimate of drug-likeness (QED) is 0.897. The molecule has 3 heterocycles. The summed E-state index contributed by atoms with van der Waals surface area (Å²) in [6.45, 7) is 5.39. The fourth-order valence-electron chi connectivity index (χ4n) is 4.16. The summed E-state index contributed by atoms with van der Waals surface area (Å²) in [7, 11) is 0.